The monoisotopic (exact) mass is 380 g/mol. The highest BCUT2D eigenvalue weighted by Crippen LogP contribution is 2.18. The van der Waals surface area contributed by atoms with Crippen LogP contribution in [0.4, 0.5) is 4.79 Å². The topological polar surface area (TPSA) is 77.0 Å². The first-order chi connectivity index (χ1) is 13.5. The van der Waals surface area contributed by atoms with Crippen LogP contribution in [0.1, 0.15) is 25.0 Å². The summed E-state index contributed by atoms with van der Waals surface area (Å²) in [4.78, 5) is 28.9. The number of benzene rings is 2. The summed E-state index contributed by atoms with van der Waals surface area (Å²) < 4.78 is 10.6. The largest absolute Gasteiger partial charge is 0.445 e. The molecule has 0 saturated heterocycles. The molecule has 0 aromatic heterocycles. The van der Waals surface area contributed by atoms with E-state index < -0.39 is 24.1 Å². The number of nitrogens with one attached hydrogen (secondary N) is 1. The minimum absolute atomic E-state index is 0.0219. The molecule has 0 aliphatic carbocycles. The molecule has 1 aliphatic rings. The van der Waals surface area contributed by atoms with Crippen LogP contribution in [-0.2, 0) is 27.3 Å². The zero-order valence-electron chi connectivity index (χ0n) is 16.0. The van der Waals surface area contributed by atoms with Crippen LogP contribution in [0.3, 0.4) is 0 Å². The fourth-order valence-electron chi connectivity index (χ4n) is 2.92. The fourth-order valence-corrected chi connectivity index (χ4v) is 2.92. The molecular weight excluding hydrogens is 356 g/mol. The molecule has 0 saturated carbocycles. The number of esters is 1. The van der Waals surface area contributed by atoms with E-state index in [0.717, 1.165) is 11.1 Å². The van der Waals surface area contributed by atoms with Crippen LogP contribution in [-0.4, -0.2) is 30.0 Å². The third kappa shape index (κ3) is 5.19. The van der Waals surface area contributed by atoms with Crippen molar-refractivity contribution in [3.63, 3.8) is 0 Å². The van der Waals surface area contributed by atoms with Crippen LogP contribution in [0.15, 0.2) is 65.7 Å². The molecule has 1 aliphatic heterocycles. The number of aliphatic imine (C=N–C) groups is 1. The van der Waals surface area contributed by atoms with Crippen molar-refractivity contribution >= 4 is 18.0 Å². The fraction of sp³-hybridized carbons (Fsp3) is 0.318. The smallest absolute Gasteiger partial charge is 0.408 e. The molecule has 6 heteroatoms. The van der Waals surface area contributed by atoms with Crippen LogP contribution in [0.5, 0.6) is 0 Å². The maximum absolute atomic E-state index is 12.2. The number of nitrogens with zero attached hydrogens (tertiary/aromatic N) is 1. The molecule has 1 N–H and O–H groups in total. The predicted molar refractivity (Wildman–Crippen MR) is 106 cm³/mol. The lowest BCUT2D eigenvalue weighted by Gasteiger charge is -2.20. The van der Waals surface area contributed by atoms with Gasteiger partial charge in [-0.05, 0) is 17.0 Å². The highest BCUT2D eigenvalue weighted by atomic mass is 16.6. The summed E-state index contributed by atoms with van der Waals surface area (Å²) >= 11 is 0. The summed E-state index contributed by atoms with van der Waals surface area (Å²) in [7, 11) is 0. The average molecular weight is 380 g/mol. The van der Waals surface area contributed by atoms with E-state index in [9.17, 15) is 9.59 Å². The van der Waals surface area contributed by atoms with Crippen molar-refractivity contribution in [2.24, 2.45) is 10.9 Å². The van der Waals surface area contributed by atoms with Gasteiger partial charge in [0.15, 0.2) is 6.04 Å². The molecule has 2 atom stereocenters. The number of hydrogen-bond acceptors (Lipinski definition) is 5. The molecule has 6 nitrogen and oxygen atoms in total. The molecular formula is C22H24N2O4. The van der Waals surface area contributed by atoms with Gasteiger partial charge < -0.3 is 14.8 Å². The van der Waals surface area contributed by atoms with Crippen LogP contribution in [0, 0.1) is 5.92 Å². The van der Waals surface area contributed by atoms with E-state index in [1.54, 1.807) is 0 Å². The van der Waals surface area contributed by atoms with Gasteiger partial charge in [-0.15, -0.1) is 0 Å². The van der Waals surface area contributed by atoms with Crippen molar-refractivity contribution in [3.8, 4) is 0 Å². The van der Waals surface area contributed by atoms with Gasteiger partial charge in [-0.3, -0.25) is 0 Å². The summed E-state index contributed by atoms with van der Waals surface area (Å²) in [5.74, 6) is -0.187. The zero-order valence-corrected chi connectivity index (χ0v) is 16.0. The van der Waals surface area contributed by atoms with Crippen LogP contribution in [0.25, 0.3) is 0 Å². The van der Waals surface area contributed by atoms with Gasteiger partial charge >= 0.3 is 12.1 Å². The van der Waals surface area contributed by atoms with Gasteiger partial charge in [-0.25, -0.2) is 14.6 Å². The Bertz CT molecular complexity index is 834. The van der Waals surface area contributed by atoms with Gasteiger partial charge in [0.05, 0.1) is 0 Å². The normalized spacial score (nSPS) is 17.0. The second-order valence-corrected chi connectivity index (χ2v) is 7.02. The number of cyclic esters (lactones) is 1. The first kappa shape index (κ1) is 19.6. The number of amides is 1. The lowest BCUT2D eigenvalue weighted by atomic mass is 10.0. The maximum Gasteiger partial charge on any atom is 0.408 e. The Morgan fingerprint density at radius 2 is 1.68 bits per heavy atom. The van der Waals surface area contributed by atoms with E-state index in [-0.39, 0.29) is 18.4 Å². The number of hydrogen-bond donors (Lipinski definition) is 1. The number of carbonyl (C=O) groups excluding carboxylic acids is 2. The van der Waals surface area contributed by atoms with Crippen molar-refractivity contribution in [2.75, 3.05) is 0 Å². The lowest BCUT2D eigenvalue weighted by molar-refractivity contribution is -0.135. The Balaban J connectivity index is 1.62. The Hall–Kier alpha value is -3.15. The second-order valence-electron chi connectivity index (χ2n) is 7.02. The number of rotatable bonds is 7. The third-order valence-corrected chi connectivity index (χ3v) is 4.45. The van der Waals surface area contributed by atoms with Gasteiger partial charge in [0, 0.05) is 6.42 Å². The minimum Gasteiger partial charge on any atom is -0.445 e. The van der Waals surface area contributed by atoms with Gasteiger partial charge in [0.1, 0.15) is 12.6 Å². The molecule has 3 rings (SSSR count). The Morgan fingerprint density at radius 3 is 2.29 bits per heavy atom. The van der Waals surface area contributed by atoms with E-state index in [0.29, 0.717) is 6.42 Å². The molecule has 146 valence electrons. The standard InChI is InChI=1S/C22H24N2O4/c1-15(2)19(24-22(26)27-14-17-11-7-4-8-12-17)20-23-18(21(25)28-20)13-16-9-5-3-6-10-16/h3-12,15,18-19H,13-14H2,1-2H3,(H,24,26)/t18?,19-/m0/s1. The molecule has 28 heavy (non-hydrogen) atoms. The van der Waals surface area contributed by atoms with Gasteiger partial charge in [0.2, 0.25) is 5.90 Å². The van der Waals surface area contributed by atoms with Crippen LogP contribution >= 0.6 is 0 Å². The highest BCUT2D eigenvalue weighted by Gasteiger charge is 2.35. The molecule has 0 radical (unpaired) electrons. The first-order valence-corrected chi connectivity index (χ1v) is 9.33. The third-order valence-electron chi connectivity index (χ3n) is 4.45. The summed E-state index contributed by atoms with van der Waals surface area (Å²) in [5.41, 5.74) is 1.90. The van der Waals surface area contributed by atoms with Gasteiger partial charge in [-0.1, -0.05) is 74.5 Å². The Labute approximate surface area is 164 Å². The van der Waals surface area contributed by atoms with Crippen molar-refractivity contribution < 1.29 is 19.1 Å². The van der Waals surface area contributed by atoms with Crippen LogP contribution < -0.4 is 5.32 Å². The highest BCUT2D eigenvalue weighted by molar-refractivity contribution is 6.00. The summed E-state index contributed by atoms with van der Waals surface area (Å²) in [6.07, 6.45) is -0.111. The number of ether oxygens (including phenoxy) is 2. The quantitative estimate of drug-likeness (QED) is 0.746. The van der Waals surface area contributed by atoms with E-state index >= 15 is 0 Å². The van der Waals surface area contributed by atoms with E-state index in [2.05, 4.69) is 10.3 Å². The molecule has 1 heterocycles. The zero-order chi connectivity index (χ0) is 19.9. The molecule has 0 spiro atoms. The Kier molecular flexibility index (Phi) is 6.42. The molecule has 0 bridgehead atoms. The average Bonchev–Trinajstić information content (AvgIpc) is 3.06. The molecule has 2 aromatic carbocycles. The number of alkyl carbamates (subject to hydrolysis) is 1. The van der Waals surface area contributed by atoms with Crippen molar-refractivity contribution in [2.45, 2.75) is 39.0 Å². The van der Waals surface area contributed by atoms with Gasteiger partial charge in [0.25, 0.3) is 0 Å². The molecule has 1 amide bonds. The van der Waals surface area contributed by atoms with E-state index in [1.807, 2.05) is 74.5 Å². The summed E-state index contributed by atoms with van der Waals surface area (Å²) in [6, 6.07) is 17.9. The minimum atomic E-state index is -0.596. The predicted octanol–water partition coefficient (Wildman–Crippen LogP) is 3.50. The lowest BCUT2D eigenvalue weighted by Crippen LogP contribution is -2.45. The van der Waals surface area contributed by atoms with Crippen molar-refractivity contribution in [3.05, 3.63) is 71.8 Å². The first-order valence-electron chi connectivity index (χ1n) is 9.33. The van der Waals surface area contributed by atoms with Gasteiger partial charge in [-0.2, -0.15) is 0 Å². The molecule has 0 fully saturated rings. The van der Waals surface area contributed by atoms with Crippen molar-refractivity contribution in [1.29, 1.82) is 0 Å². The molecule has 2 aromatic rings. The van der Waals surface area contributed by atoms with Crippen molar-refractivity contribution in [1.82, 2.24) is 5.32 Å². The van der Waals surface area contributed by atoms with Crippen LogP contribution in [0.2, 0.25) is 0 Å². The summed E-state index contributed by atoms with van der Waals surface area (Å²) in [6.45, 7) is 4.01. The Morgan fingerprint density at radius 1 is 1.07 bits per heavy atom. The van der Waals surface area contributed by atoms with E-state index in [4.69, 9.17) is 9.47 Å². The second kappa shape index (κ2) is 9.17. The SMILES string of the molecule is CC(C)[C@H](NC(=O)OCc1ccccc1)C1=NC(Cc2ccccc2)C(=O)O1. The summed E-state index contributed by atoms with van der Waals surface area (Å²) in [5, 5.41) is 2.76. The maximum atomic E-state index is 12.2. The molecule has 1 unspecified atom stereocenters. The number of carbonyl (C=O) groups is 2. The van der Waals surface area contributed by atoms with E-state index in [1.165, 1.54) is 0 Å².